The number of carbonyl (C=O) groups is 2. The minimum Gasteiger partial charge on any atom is -0.465 e. The van der Waals surface area contributed by atoms with E-state index in [0.717, 1.165) is 16.5 Å². The van der Waals surface area contributed by atoms with Crippen LogP contribution < -0.4 is 5.56 Å². The molecule has 3 aromatic rings. The van der Waals surface area contributed by atoms with E-state index in [2.05, 4.69) is 4.98 Å². The maximum absolute atomic E-state index is 13.6. The second-order valence-electron chi connectivity index (χ2n) is 10.7. The lowest BCUT2D eigenvalue weighted by molar-refractivity contribution is -0.142. The molecule has 0 unspecified atom stereocenters. The Morgan fingerprint density at radius 2 is 1.73 bits per heavy atom. The molecule has 13 heteroatoms. The predicted molar refractivity (Wildman–Crippen MR) is 138 cm³/mol. The van der Waals surface area contributed by atoms with Crippen LogP contribution in [0.15, 0.2) is 53.7 Å². The van der Waals surface area contributed by atoms with Gasteiger partial charge in [-0.15, -0.1) is 0 Å². The minimum absolute atomic E-state index is 0.0302. The summed E-state index contributed by atoms with van der Waals surface area (Å²) in [4.78, 5) is 45.2. The largest absolute Gasteiger partial charge is 0.465 e. The van der Waals surface area contributed by atoms with Crippen molar-refractivity contribution >= 4 is 23.0 Å². The summed E-state index contributed by atoms with van der Waals surface area (Å²) < 4.78 is 40.6. The zero-order valence-electron chi connectivity index (χ0n) is 21.6. The van der Waals surface area contributed by atoms with Crippen molar-refractivity contribution in [3.63, 3.8) is 0 Å². The third-order valence-corrected chi connectivity index (χ3v) is 7.99. The molecule has 10 nitrogen and oxygen atoms in total. The van der Waals surface area contributed by atoms with E-state index in [1.165, 1.54) is 21.7 Å². The van der Waals surface area contributed by atoms with E-state index in [-0.39, 0.29) is 68.4 Å². The highest BCUT2D eigenvalue weighted by Crippen LogP contribution is 2.35. The van der Waals surface area contributed by atoms with E-state index >= 15 is 0 Å². The van der Waals surface area contributed by atoms with Crippen LogP contribution in [0.4, 0.5) is 18.0 Å². The van der Waals surface area contributed by atoms with Crippen LogP contribution >= 0.6 is 0 Å². The van der Waals surface area contributed by atoms with Crippen molar-refractivity contribution in [3.8, 4) is 0 Å². The Morgan fingerprint density at radius 3 is 2.38 bits per heavy atom. The summed E-state index contributed by atoms with van der Waals surface area (Å²) in [6, 6.07) is 10.7. The lowest BCUT2D eigenvalue weighted by Crippen LogP contribution is -2.53. The normalized spacial score (nSPS) is 21.5. The van der Waals surface area contributed by atoms with Gasteiger partial charge in [0.1, 0.15) is 18.5 Å². The number of amides is 2. The number of nitrogens with zero attached hydrogens (tertiary/aromatic N) is 5. The van der Waals surface area contributed by atoms with Crippen LogP contribution in [-0.4, -0.2) is 84.1 Å². The van der Waals surface area contributed by atoms with Gasteiger partial charge in [-0.05, 0) is 30.9 Å². The van der Waals surface area contributed by atoms with Crippen molar-refractivity contribution in [1.82, 2.24) is 23.9 Å². The molecular weight excluding hydrogens is 531 g/mol. The first kappa shape index (κ1) is 27.7. The molecule has 4 heterocycles. The van der Waals surface area contributed by atoms with Crippen molar-refractivity contribution in [3.05, 3.63) is 64.8 Å². The van der Waals surface area contributed by atoms with Gasteiger partial charge >= 0.3 is 12.3 Å². The first-order valence-corrected chi connectivity index (χ1v) is 13.1. The highest BCUT2D eigenvalue weighted by molar-refractivity contribution is 5.81. The first-order valence-electron chi connectivity index (χ1n) is 13.1. The molecular formula is C27H30F3N5O5. The van der Waals surface area contributed by atoms with Gasteiger partial charge in [0.25, 0.3) is 5.56 Å². The Labute approximate surface area is 227 Å². The fourth-order valence-corrected chi connectivity index (χ4v) is 5.85. The Hall–Kier alpha value is -3.87. The van der Waals surface area contributed by atoms with Crippen molar-refractivity contribution in [1.29, 1.82) is 0 Å². The van der Waals surface area contributed by atoms with E-state index in [1.54, 1.807) is 4.90 Å². The zero-order chi connectivity index (χ0) is 28.7. The van der Waals surface area contributed by atoms with Crippen LogP contribution in [0.2, 0.25) is 0 Å². The average Bonchev–Trinajstić information content (AvgIpc) is 3.32. The molecule has 0 radical (unpaired) electrons. The number of hydrogen-bond donors (Lipinski definition) is 2. The lowest BCUT2D eigenvalue weighted by atomic mass is 9.79. The molecule has 2 fully saturated rings. The molecule has 214 valence electrons. The molecule has 0 aliphatic carbocycles. The number of benzene rings is 1. The molecule has 2 aliphatic rings. The van der Waals surface area contributed by atoms with E-state index in [1.807, 2.05) is 30.3 Å². The van der Waals surface area contributed by atoms with Crippen molar-refractivity contribution < 1.29 is 33.0 Å². The van der Waals surface area contributed by atoms with Crippen LogP contribution in [0.3, 0.4) is 0 Å². The zero-order valence-corrected chi connectivity index (χ0v) is 21.6. The fourth-order valence-electron chi connectivity index (χ4n) is 5.85. The van der Waals surface area contributed by atoms with Crippen LogP contribution in [0.25, 0.3) is 11.0 Å². The minimum atomic E-state index is -4.46. The molecule has 2 amide bonds. The molecule has 2 saturated heterocycles. The van der Waals surface area contributed by atoms with Gasteiger partial charge in [-0.2, -0.15) is 13.2 Å². The number of aromatic nitrogens is 3. The van der Waals surface area contributed by atoms with Crippen LogP contribution in [0, 0.1) is 5.92 Å². The van der Waals surface area contributed by atoms with E-state index in [9.17, 15) is 37.8 Å². The summed E-state index contributed by atoms with van der Waals surface area (Å²) in [6.45, 7) is -0.385. The number of hydrogen-bond acceptors (Lipinski definition) is 5. The second kappa shape index (κ2) is 10.6. The number of rotatable bonds is 5. The Bertz CT molecular complexity index is 1450. The number of aliphatic hydroxyl groups is 1. The summed E-state index contributed by atoms with van der Waals surface area (Å²) in [7, 11) is 0. The molecule has 2 aromatic heterocycles. The summed E-state index contributed by atoms with van der Waals surface area (Å²) in [6.07, 6.45) is -2.38. The number of carbonyl (C=O) groups excluding carboxylic acids is 1. The van der Waals surface area contributed by atoms with E-state index in [4.69, 9.17) is 0 Å². The highest BCUT2D eigenvalue weighted by Gasteiger charge is 2.41. The Kier molecular flexibility index (Phi) is 7.34. The van der Waals surface area contributed by atoms with Gasteiger partial charge in [0.2, 0.25) is 5.91 Å². The van der Waals surface area contributed by atoms with Crippen molar-refractivity contribution in [2.24, 2.45) is 5.92 Å². The van der Waals surface area contributed by atoms with Gasteiger partial charge in [-0.3, -0.25) is 14.2 Å². The number of carboxylic acid groups (broad SMARTS) is 1. The van der Waals surface area contributed by atoms with Crippen LogP contribution in [0.1, 0.15) is 30.7 Å². The second-order valence-corrected chi connectivity index (χ2v) is 10.7. The summed E-state index contributed by atoms with van der Waals surface area (Å²) in [5, 5.41) is 20.8. The Morgan fingerprint density at radius 1 is 1.02 bits per heavy atom. The SMILES string of the molecule is O=C(O)N1CC[C@@H](C(=O)N2CCC(O)(Cn3cnc4c(ccn4CC(F)(F)F)c3=O)CC2)[C@H](c2ccccc2)C1. The summed E-state index contributed by atoms with van der Waals surface area (Å²) in [5.74, 6) is -0.785. The molecule has 2 N–H and O–H groups in total. The van der Waals surface area contributed by atoms with Gasteiger partial charge < -0.3 is 24.6 Å². The monoisotopic (exact) mass is 561 g/mol. The van der Waals surface area contributed by atoms with Gasteiger partial charge in [0.05, 0.1) is 17.5 Å². The lowest BCUT2D eigenvalue weighted by Gasteiger charge is -2.42. The van der Waals surface area contributed by atoms with Gasteiger partial charge in [-0.1, -0.05) is 30.3 Å². The third-order valence-electron chi connectivity index (χ3n) is 7.99. The molecule has 0 saturated carbocycles. The van der Waals surface area contributed by atoms with Crippen LogP contribution in [0.5, 0.6) is 0 Å². The topological polar surface area (TPSA) is 121 Å². The van der Waals surface area contributed by atoms with Gasteiger partial charge in [0.15, 0.2) is 0 Å². The number of fused-ring (bicyclic) bond motifs is 1. The molecule has 0 bridgehead atoms. The van der Waals surface area contributed by atoms with Gasteiger partial charge in [0, 0.05) is 44.2 Å². The number of halogens is 3. The molecule has 5 rings (SSSR count). The first-order chi connectivity index (χ1) is 18.9. The molecule has 2 aliphatic heterocycles. The third kappa shape index (κ3) is 5.69. The number of alkyl halides is 3. The molecule has 2 atom stereocenters. The summed E-state index contributed by atoms with van der Waals surface area (Å²) in [5.41, 5.74) is -1.04. The van der Waals surface area contributed by atoms with E-state index in [0.29, 0.717) is 6.42 Å². The predicted octanol–water partition coefficient (Wildman–Crippen LogP) is 2.90. The van der Waals surface area contributed by atoms with Crippen molar-refractivity contribution in [2.45, 2.75) is 50.0 Å². The van der Waals surface area contributed by atoms with E-state index < -0.39 is 35.9 Å². The molecule has 1 aromatic carbocycles. The average molecular weight is 562 g/mol. The Balaban J connectivity index is 1.27. The number of piperidine rings is 2. The van der Waals surface area contributed by atoms with Crippen LogP contribution in [-0.2, 0) is 17.9 Å². The summed E-state index contributed by atoms with van der Waals surface area (Å²) >= 11 is 0. The maximum atomic E-state index is 13.6. The quantitative estimate of drug-likeness (QED) is 0.494. The smallest absolute Gasteiger partial charge is 0.407 e. The fraction of sp³-hybridized carbons (Fsp3) is 0.481. The maximum Gasteiger partial charge on any atom is 0.407 e. The molecule has 40 heavy (non-hydrogen) atoms. The highest BCUT2D eigenvalue weighted by atomic mass is 19.4. The molecule has 0 spiro atoms. The van der Waals surface area contributed by atoms with Crippen molar-refractivity contribution in [2.75, 3.05) is 26.2 Å². The standard InChI is InChI=1S/C27H30F3N5O5/c28-27(29,30)16-34-11-7-20-22(34)31-17-35(24(20)37)15-26(40)8-12-32(13-9-26)23(36)19-6-10-33(25(38)39)14-21(19)18-4-2-1-3-5-18/h1-5,7,11,17,19,21,40H,6,8-10,12-16H2,(H,38,39)/t19-,21+/m1/s1. The van der Waals surface area contributed by atoms with Gasteiger partial charge in [-0.25, -0.2) is 9.78 Å². The number of likely N-dealkylation sites (tertiary alicyclic amines) is 2.